The number of H-pyrrole nitrogens is 2. The van der Waals surface area contributed by atoms with Crippen molar-refractivity contribution in [3.63, 3.8) is 0 Å². The van der Waals surface area contributed by atoms with Gasteiger partial charge < -0.3 is 4.98 Å². The van der Waals surface area contributed by atoms with Crippen molar-refractivity contribution in [1.29, 1.82) is 0 Å². The molecular formula is C21H21ClN4O4S. The molecule has 1 atom stereocenters. The Balaban J connectivity index is 1.58. The summed E-state index contributed by atoms with van der Waals surface area (Å²) in [6.07, 6.45) is 0.948. The predicted octanol–water partition coefficient (Wildman–Crippen LogP) is 1.81. The summed E-state index contributed by atoms with van der Waals surface area (Å²) in [4.78, 5) is 29.2. The molecule has 162 valence electrons. The van der Waals surface area contributed by atoms with Crippen LogP contribution in [0, 0.1) is 0 Å². The smallest absolute Gasteiger partial charge is 0.313 e. The monoisotopic (exact) mass is 460 g/mol. The van der Waals surface area contributed by atoms with Crippen molar-refractivity contribution >= 4 is 21.6 Å². The fourth-order valence-corrected chi connectivity index (χ4v) is 5.37. The Kier molecular flexibility index (Phi) is 6.10. The van der Waals surface area contributed by atoms with E-state index in [2.05, 4.69) is 9.88 Å². The number of nitrogens with zero attached hydrogens (tertiary/aromatic N) is 2. The molecule has 0 saturated carbocycles. The Morgan fingerprint density at radius 1 is 0.871 bits per heavy atom. The number of nitrogens with one attached hydrogen (secondary N) is 2. The summed E-state index contributed by atoms with van der Waals surface area (Å²) < 4.78 is 27.1. The van der Waals surface area contributed by atoms with Gasteiger partial charge in [0.25, 0.3) is 5.56 Å². The van der Waals surface area contributed by atoms with Crippen molar-refractivity contribution in [3.05, 3.63) is 97.8 Å². The number of benzene rings is 2. The SMILES string of the molecule is O=c1[nH]cc(S(=O)(=O)N2CCN(C(c3ccccc3)c3ccc(Cl)cc3)CC2)c(=O)[nH]1. The van der Waals surface area contributed by atoms with Gasteiger partial charge in [0, 0.05) is 37.4 Å². The summed E-state index contributed by atoms with van der Waals surface area (Å²) in [7, 11) is -4.02. The average molecular weight is 461 g/mol. The molecule has 2 aromatic carbocycles. The van der Waals surface area contributed by atoms with Gasteiger partial charge in [-0.15, -0.1) is 0 Å². The molecule has 0 radical (unpaired) electrons. The van der Waals surface area contributed by atoms with E-state index in [-0.39, 0.29) is 19.1 Å². The lowest BCUT2D eigenvalue weighted by atomic mass is 9.96. The van der Waals surface area contributed by atoms with Gasteiger partial charge in [-0.25, -0.2) is 13.2 Å². The molecule has 1 fully saturated rings. The maximum atomic E-state index is 12.9. The molecule has 31 heavy (non-hydrogen) atoms. The van der Waals surface area contributed by atoms with Crippen molar-refractivity contribution in [2.45, 2.75) is 10.9 Å². The normalized spacial score (nSPS) is 16.8. The Morgan fingerprint density at radius 2 is 1.48 bits per heavy atom. The second-order valence-electron chi connectivity index (χ2n) is 7.24. The molecule has 0 aliphatic carbocycles. The molecule has 8 nitrogen and oxygen atoms in total. The standard InChI is InChI=1S/C21H21ClN4O4S/c22-17-8-6-16(7-9-17)19(15-4-2-1-3-5-15)25-10-12-26(13-11-25)31(29,30)18-14-23-21(28)24-20(18)27/h1-9,14,19H,10-13H2,(H2,23,24,27,28). The lowest BCUT2D eigenvalue weighted by Crippen LogP contribution is -2.50. The molecule has 1 saturated heterocycles. The van der Waals surface area contributed by atoms with Crippen LogP contribution in [0.3, 0.4) is 0 Å². The first kappa shape index (κ1) is 21.5. The number of sulfonamides is 1. The van der Waals surface area contributed by atoms with E-state index in [4.69, 9.17) is 11.6 Å². The van der Waals surface area contributed by atoms with E-state index < -0.39 is 26.2 Å². The molecule has 0 bridgehead atoms. The Hall–Kier alpha value is -2.72. The predicted molar refractivity (Wildman–Crippen MR) is 118 cm³/mol. The molecule has 2 heterocycles. The van der Waals surface area contributed by atoms with Crippen LogP contribution < -0.4 is 11.2 Å². The van der Waals surface area contributed by atoms with Gasteiger partial charge in [-0.2, -0.15) is 4.31 Å². The quantitative estimate of drug-likeness (QED) is 0.604. The number of aromatic nitrogens is 2. The second-order valence-corrected chi connectivity index (χ2v) is 9.58. The summed E-state index contributed by atoms with van der Waals surface area (Å²) in [5, 5.41) is 0.651. The molecule has 2 N–H and O–H groups in total. The van der Waals surface area contributed by atoms with Crippen molar-refractivity contribution < 1.29 is 8.42 Å². The highest BCUT2D eigenvalue weighted by Crippen LogP contribution is 2.31. The first-order valence-electron chi connectivity index (χ1n) is 9.73. The number of halogens is 1. The molecule has 0 amide bonds. The van der Waals surface area contributed by atoms with Crippen LogP contribution in [0.1, 0.15) is 17.2 Å². The van der Waals surface area contributed by atoms with E-state index >= 15 is 0 Å². The lowest BCUT2D eigenvalue weighted by Gasteiger charge is -2.39. The lowest BCUT2D eigenvalue weighted by molar-refractivity contribution is 0.155. The molecule has 1 unspecified atom stereocenters. The van der Waals surface area contributed by atoms with Crippen LogP contribution in [0.15, 0.2) is 75.3 Å². The van der Waals surface area contributed by atoms with Gasteiger partial charge in [-0.1, -0.05) is 54.1 Å². The summed E-state index contributed by atoms with van der Waals surface area (Å²) >= 11 is 6.06. The summed E-state index contributed by atoms with van der Waals surface area (Å²) in [6, 6.07) is 17.6. The van der Waals surface area contributed by atoms with Crippen molar-refractivity contribution in [2.24, 2.45) is 0 Å². The molecule has 0 spiro atoms. The molecule has 1 aliphatic rings. The van der Waals surface area contributed by atoms with Gasteiger partial charge in [0.2, 0.25) is 10.0 Å². The minimum absolute atomic E-state index is 0.0557. The van der Waals surface area contributed by atoms with Crippen LogP contribution in [-0.4, -0.2) is 53.8 Å². The minimum Gasteiger partial charge on any atom is -0.313 e. The van der Waals surface area contributed by atoms with Gasteiger partial charge in [-0.3, -0.25) is 14.7 Å². The van der Waals surface area contributed by atoms with E-state index in [1.165, 1.54) is 4.31 Å². The molecule has 3 aromatic rings. The Bertz CT molecular complexity index is 1260. The first-order valence-corrected chi connectivity index (χ1v) is 11.5. The van der Waals surface area contributed by atoms with Crippen LogP contribution in [0.5, 0.6) is 0 Å². The summed E-state index contributed by atoms with van der Waals surface area (Å²) in [5.74, 6) is 0. The highest BCUT2D eigenvalue weighted by molar-refractivity contribution is 7.89. The van der Waals surface area contributed by atoms with Crippen LogP contribution >= 0.6 is 11.6 Å². The van der Waals surface area contributed by atoms with Crippen molar-refractivity contribution in [2.75, 3.05) is 26.2 Å². The van der Waals surface area contributed by atoms with E-state index in [1.807, 2.05) is 59.6 Å². The largest absolute Gasteiger partial charge is 0.325 e. The summed E-state index contributed by atoms with van der Waals surface area (Å²) in [6.45, 7) is 1.39. The van der Waals surface area contributed by atoms with Crippen LogP contribution in [-0.2, 0) is 10.0 Å². The molecule has 1 aromatic heterocycles. The fourth-order valence-electron chi connectivity index (χ4n) is 3.82. The third-order valence-electron chi connectivity index (χ3n) is 5.34. The zero-order valence-electron chi connectivity index (χ0n) is 16.5. The molecule has 4 rings (SSSR count). The zero-order valence-corrected chi connectivity index (χ0v) is 18.1. The second kappa shape index (κ2) is 8.80. The average Bonchev–Trinajstić information content (AvgIpc) is 2.76. The third kappa shape index (κ3) is 4.49. The highest BCUT2D eigenvalue weighted by Gasteiger charge is 2.33. The highest BCUT2D eigenvalue weighted by atomic mass is 35.5. The topological polar surface area (TPSA) is 106 Å². The third-order valence-corrected chi connectivity index (χ3v) is 7.50. The fraction of sp³-hybridized carbons (Fsp3) is 0.238. The number of hydrogen-bond donors (Lipinski definition) is 2. The van der Waals surface area contributed by atoms with Gasteiger partial charge >= 0.3 is 5.69 Å². The summed E-state index contributed by atoms with van der Waals surface area (Å²) in [5.41, 5.74) is 0.485. The number of aromatic amines is 2. The van der Waals surface area contributed by atoms with Crippen molar-refractivity contribution in [1.82, 2.24) is 19.2 Å². The zero-order chi connectivity index (χ0) is 22.0. The van der Waals surface area contributed by atoms with E-state index in [1.54, 1.807) is 0 Å². The first-order chi connectivity index (χ1) is 14.9. The van der Waals surface area contributed by atoms with E-state index in [0.717, 1.165) is 17.3 Å². The number of piperazine rings is 1. The maximum absolute atomic E-state index is 12.9. The van der Waals surface area contributed by atoms with E-state index in [9.17, 15) is 18.0 Å². The molecule has 10 heteroatoms. The maximum Gasteiger partial charge on any atom is 0.325 e. The van der Waals surface area contributed by atoms with Crippen LogP contribution in [0.2, 0.25) is 5.02 Å². The van der Waals surface area contributed by atoms with Gasteiger partial charge in [0.15, 0.2) is 4.90 Å². The Labute approximate surface area is 184 Å². The minimum atomic E-state index is -4.02. The van der Waals surface area contributed by atoms with Gasteiger partial charge in [-0.05, 0) is 23.3 Å². The van der Waals surface area contributed by atoms with Crippen molar-refractivity contribution in [3.8, 4) is 0 Å². The van der Waals surface area contributed by atoms with E-state index in [0.29, 0.717) is 18.1 Å². The molecular weight excluding hydrogens is 440 g/mol. The number of rotatable bonds is 5. The molecule has 1 aliphatic heterocycles. The van der Waals surface area contributed by atoms with Gasteiger partial charge in [0.1, 0.15) is 0 Å². The van der Waals surface area contributed by atoms with Crippen LogP contribution in [0.25, 0.3) is 0 Å². The Morgan fingerprint density at radius 3 is 2.10 bits per heavy atom. The number of hydrogen-bond acceptors (Lipinski definition) is 5. The van der Waals surface area contributed by atoms with Gasteiger partial charge in [0.05, 0.1) is 6.04 Å². The van der Waals surface area contributed by atoms with Crippen LogP contribution in [0.4, 0.5) is 0 Å².